The van der Waals surface area contributed by atoms with Crippen molar-refractivity contribution in [2.24, 2.45) is 5.92 Å². The van der Waals surface area contributed by atoms with Crippen LogP contribution in [0.5, 0.6) is 0 Å². The quantitative estimate of drug-likeness (QED) is 0.363. The van der Waals surface area contributed by atoms with Gasteiger partial charge in [-0.05, 0) is 30.4 Å². The molecule has 2 rings (SSSR count). The topological polar surface area (TPSA) is 0 Å². The van der Waals surface area contributed by atoms with Gasteiger partial charge in [-0.15, -0.1) is 0 Å². The second-order valence-electron chi connectivity index (χ2n) is 7.45. The molecule has 0 aliphatic heterocycles. The summed E-state index contributed by atoms with van der Waals surface area (Å²) in [5.74, 6) is -3.29. The Bertz CT molecular complexity index is 665. The standard InChI is InChI=1S/C23H26F6/c1-2-3-16-21(18-11-6-4-7-12-18,19-13-8-5-9-14-19)17-10-15-20(22(24,25)26)23(27,28)29/h4-9,11-14,20H,2-3,10,15-17H2,1H3. The molecular weight excluding hydrogens is 390 g/mol. The number of hydrogen-bond donors (Lipinski definition) is 0. The summed E-state index contributed by atoms with van der Waals surface area (Å²) in [6.07, 6.45) is -9.10. The molecule has 0 bridgehead atoms. The van der Waals surface area contributed by atoms with E-state index in [-0.39, 0.29) is 12.8 Å². The van der Waals surface area contributed by atoms with Gasteiger partial charge >= 0.3 is 12.4 Å². The normalized spacial score (nSPS) is 13.1. The zero-order chi connectivity index (χ0) is 21.5. The van der Waals surface area contributed by atoms with Gasteiger partial charge in [0, 0.05) is 5.41 Å². The minimum Gasteiger partial charge on any atom is -0.170 e. The van der Waals surface area contributed by atoms with Crippen molar-refractivity contribution in [3.63, 3.8) is 0 Å². The molecule has 0 heterocycles. The highest BCUT2D eigenvalue weighted by Crippen LogP contribution is 2.46. The first-order chi connectivity index (χ1) is 13.6. The lowest BCUT2D eigenvalue weighted by atomic mass is 9.68. The van der Waals surface area contributed by atoms with Gasteiger partial charge in [0.2, 0.25) is 0 Å². The van der Waals surface area contributed by atoms with Gasteiger partial charge in [-0.2, -0.15) is 26.3 Å². The van der Waals surface area contributed by atoms with Crippen LogP contribution in [0, 0.1) is 5.92 Å². The fourth-order valence-electron chi connectivity index (χ4n) is 3.98. The fourth-order valence-corrected chi connectivity index (χ4v) is 3.98. The van der Waals surface area contributed by atoms with Crippen LogP contribution in [0.4, 0.5) is 26.3 Å². The third-order valence-corrected chi connectivity index (χ3v) is 5.50. The Morgan fingerprint density at radius 2 is 1.07 bits per heavy atom. The minimum atomic E-state index is -5.29. The average molecular weight is 416 g/mol. The van der Waals surface area contributed by atoms with Crippen LogP contribution < -0.4 is 0 Å². The van der Waals surface area contributed by atoms with E-state index in [0.29, 0.717) is 6.42 Å². The molecule has 0 radical (unpaired) electrons. The number of hydrogen-bond acceptors (Lipinski definition) is 0. The molecule has 0 nitrogen and oxygen atoms in total. The molecule has 0 N–H and O–H groups in total. The summed E-state index contributed by atoms with van der Waals surface area (Å²) in [6, 6.07) is 18.8. The Morgan fingerprint density at radius 3 is 1.45 bits per heavy atom. The minimum absolute atomic E-state index is 0.169. The summed E-state index contributed by atoms with van der Waals surface area (Å²) in [5.41, 5.74) is 1.24. The van der Waals surface area contributed by atoms with Crippen LogP contribution in [0.3, 0.4) is 0 Å². The predicted octanol–water partition coefficient (Wildman–Crippen LogP) is 8.07. The number of halogens is 6. The highest BCUT2D eigenvalue weighted by Gasteiger charge is 2.56. The predicted molar refractivity (Wildman–Crippen MR) is 103 cm³/mol. The first-order valence-corrected chi connectivity index (χ1v) is 9.86. The van der Waals surface area contributed by atoms with Gasteiger partial charge in [-0.3, -0.25) is 0 Å². The van der Waals surface area contributed by atoms with E-state index in [1.165, 1.54) is 0 Å². The largest absolute Gasteiger partial charge is 0.400 e. The maximum atomic E-state index is 13.0. The summed E-state index contributed by atoms with van der Waals surface area (Å²) in [4.78, 5) is 0. The van der Waals surface area contributed by atoms with Gasteiger partial charge < -0.3 is 0 Å². The van der Waals surface area contributed by atoms with Crippen LogP contribution in [0.25, 0.3) is 0 Å². The third kappa shape index (κ3) is 6.00. The highest BCUT2D eigenvalue weighted by atomic mass is 19.4. The van der Waals surface area contributed by atoms with Crippen molar-refractivity contribution in [1.82, 2.24) is 0 Å². The van der Waals surface area contributed by atoms with E-state index in [2.05, 4.69) is 0 Å². The van der Waals surface area contributed by atoms with Gasteiger partial charge in [0.05, 0.1) is 0 Å². The molecule has 29 heavy (non-hydrogen) atoms. The van der Waals surface area contributed by atoms with Crippen molar-refractivity contribution in [3.8, 4) is 0 Å². The molecule has 0 fully saturated rings. The lowest BCUT2D eigenvalue weighted by molar-refractivity contribution is -0.286. The van der Waals surface area contributed by atoms with E-state index in [9.17, 15) is 26.3 Å². The van der Waals surface area contributed by atoms with Crippen molar-refractivity contribution in [3.05, 3.63) is 71.8 Å². The van der Waals surface area contributed by atoms with Crippen molar-refractivity contribution in [2.75, 3.05) is 0 Å². The van der Waals surface area contributed by atoms with Crippen LogP contribution in [0.2, 0.25) is 0 Å². The Morgan fingerprint density at radius 1 is 0.655 bits per heavy atom. The number of alkyl halides is 6. The molecule has 6 heteroatoms. The summed E-state index contributed by atoms with van der Waals surface area (Å²) in [7, 11) is 0. The van der Waals surface area contributed by atoms with E-state index >= 15 is 0 Å². The number of benzene rings is 2. The number of rotatable bonds is 9. The van der Waals surface area contributed by atoms with Crippen molar-refractivity contribution in [2.45, 2.75) is 63.2 Å². The summed E-state index contributed by atoms with van der Waals surface area (Å²) >= 11 is 0. The molecule has 2 aromatic rings. The van der Waals surface area contributed by atoms with Crippen molar-refractivity contribution >= 4 is 0 Å². The Hall–Kier alpha value is -1.98. The summed E-state index contributed by atoms with van der Waals surface area (Å²) in [6.45, 7) is 2.02. The van der Waals surface area contributed by atoms with Crippen LogP contribution >= 0.6 is 0 Å². The van der Waals surface area contributed by atoms with Crippen molar-refractivity contribution in [1.29, 1.82) is 0 Å². The van der Waals surface area contributed by atoms with Crippen LogP contribution in [-0.2, 0) is 5.41 Å². The maximum Gasteiger partial charge on any atom is 0.400 e. The lowest BCUT2D eigenvalue weighted by Gasteiger charge is -2.36. The van der Waals surface area contributed by atoms with E-state index in [1.54, 1.807) is 0 Å². The zero-order valence-corrected chi connectivity index (χ0v) is 16.4. The zero-order valence-electron chi connectivity index (χ0n) is 16.4. The Labute approximate surface area is 167 Å². The molecule has 0 atom stereocenters. The van der Waals surface area contributed by atoms with Crippen LogP contribution in [-0.4, -0.2) is 12.4 Å². The van der Waals surface area contributed by atoms with E-state index in [4.69, 9.17) is 0 Å². The molecule has 0 aromatic heterocycles. The molecule has 0 spiro atoms. The highest BCUT2D eigenvalue weighted by molar-refractivity contribution is 5.39. The SMILES string of the molecule is CCCCC(CCCC(C(F)(F)F)C(F)(F)F)(c1ccccc1)c1ccccc1. The second-order valence-corrected chi connectivity index (χ2v) is 7.45. The molecule has 2 aromatic carbocycles. The first-order valence-electron chi connectivity index (χ1n) is 9.86. The van der Waals surface area contributed by atoms with Crippen LogP contribution in [0.1, 0.15) is 56.6 Å². The molecule has 0 saturated heterocycles. The summed E-state index contributed by atoms with van der Waals surface area (Å²) in [5, 5.41) is 0. The second kappa shape index (κ2) is 9.68. The van der Waals surface area contributed by atoms with E-state index < -0.39 is 30.1 Å². The van der Waals surface area contributed by atoms with Gasteiger partial charge in [0.1, 0.15) is 0 Å². The van der Waals surface area contributed by atoms with Gasteiger partial charge in [0.25, 0.3) is 0 Å². The molecule has 0 unspecified atom stereocenters. The monoisotopic (exact) mass is 416 g/mol. The third-order valence-electron chi connectivity index (χ3n) is 5.50. The molecule has 160 valence electrons. The molecular formula is C23H26F6. The fraction of sp³-hybridized carbons (Fsp3) is 0.478. The first kappa shape index (κ1) is 23.3. The maximum absolute atomic E-state index is 13.0. The Kier molecular flexibility index (Phi) is 7.78. The molecule has 0 saturated carbocycles. The lowest BCUT2D eigenvalue weighted by Crippen LogP contribution is -2.37. The van der Waals surface area contributed by atoms with Crippen LogP contribution in [0.15, 0.2) is 60.7 Å². The van der Waals surface area contributed by atoms with Crippen molar-refractivity contribution < 1.29 is 26.3 Å². The Balaban J connectivity index is 2.37. The molecule has 0 amide bonds. The van der Waals surface area contributed by atoms with E-state index in [0.717, 1.165) is 24.0 Å². The van der Waals surface area contributed by atoms with Gasteiger partial charge in [-0.25, -0.2) is 0 Å². The number of unbranched alkanes of at least 4 members (excludes halogenated alkanes) is 1. The smallest absolute Gasteiger partial charge is 0.170 e. The van der Waals surface area contributed by atoms with Gasteiger partial charge in [0.15, 0.2) is 5.92 Å². The van der Waals surface area contributed by atoms with Gasteiger partial charge in [-0.1, -0.05) is 86.8 Å². The van der Waals surface area contributed by atoms with E-state index in [1.807, 2.05) is 67.6 Å². The average Bonchev–Trinajstić information content (AvgIpc) is 2.67. The summed E-state index contributed by atoms with van der Waals surface area (Å²) < 4.78 is 77.8. The molecule has 0 aliphatic rings. The molecule has 0 aliphatic carbocycles.